The lowest BCUT2D eigenvalue weighted by Crippen LogP contribution is -2.30. The van der Waals surface area contributed by atoms with Gasteiger partial charge in [-0.25, -0.2) is 4.68 Å². The van der Waals surface area contributed by atoms with Gasteiger partial charge >= 0.3 is 0 Å². The first-order chi connectivity index (χ1) is 14.4. The average Bonchev–Trinajstić information content (AvgIpc) is 2.74. The summed E-state index contributed by atoms with van der Waals surface area (Å²) in [6, 6.07) is 20.4. The monoisotopic (exact) mass is 417 g/mol. The molecule has 0 bridgehead atoms. The van der Waals surface area contributed by atoms with Crippen molar-refractivity contribution in [3.05, 3.63) is 93.2 Å². The normalized spacial score (nSPS) is 10.9. The Morgan fingerprint density at radius 1 is 1.00 bits per heavy atom. The summed E-state index contributed by atoms with van der Waals surface area (Å²) in [4.78, 5) is 25.6. The SMILES string of the molecule is Cc1ccc(C)c(-c2nn(CC(=O)Nc3ccccc3Cl)c(=O)c3ccccc23)c1. The van der Waals surface area contributed by atoms with Crippen LogP contribution in [0.15, 0.2) is 71.5 Å². The molecule has 0 aliphatic heterocycles. The molecular formula is C24H20ClN3O2. The molecule has 4 aromatic rings. The summed E-state index contributed by atoms with van der Waals surface area (Å²) in [5.74, 6) is -0.375. The number of rotatable bonds is 4. The minimum absolute atomic E-state index is 0.216. The molecular weight excluding hydrogens is 398 g/mol. The molecule has 1 N–H and O–H groups in total. The number of fused-ring (bicyclic) bond motifs is 1. The van der Waals surface area contributed by atoms with Crippen LogP contribution < -0.4 is 10.9 Å². The quantitative estimate of drug-likeness (QED) is 0.509. The van der Waals surface area contributed by atoms with Crippen molar-refractivity contribution in [1.82, 2.24) is 9.78 Å². The highest BCUT2D eigenvalue weighted by molar-refractivity contribution is 6.33. The maximum Gasteiger partial charge on any atom is 0.275 e. The van der Waals surface area contributed by atoms with Crippen molar-refractivity contribution in [3.8, 4) is 11.3 Å². The van der Waals surface area contributed by atoms with Crippen molar-refractivity contribution in [1.29, 1.82) is 0 Å². The first-order valence-corrected chi connectivity index (χ1v) is 9.93. The summed E-state index contributed by atoms with van der Waals surface area (Å²) >= 11 is 6.12. The van der Waals surface area contributed by atoms with Gasteiger partial charge in [0, 0.05) is 10.9 Å². The largest absolute Gasteiger partial charge is 0.323 e. The van der Waals surface area contributed by atoms with Crippen LogP contribution >= 0.6 is 11.6 Å². The lowest BCUT2D eigenvalue weighted by Gasteiger charge is -2.14. The van der Waals surface area contributed by atoms with Crippen LogP contribution in [-0.2, 0) is 11.3 Å². The highest BCUT2D eigenvalue weighted by Crippen LogP contribution is 2.28. The minimum Gasteiger partial charge on any atom is -0.323 e. The molecule has 1 heterocycles. The number of nitrogens with one attached hydrogen (secondary N) is 1. The van der Waals surface area contributed by atoms with E-state index in [0.717, 1.165) is 22.1 Å². The minimum atomic E-state index is -0.375. The van der Waals surface area contributed by atoms with E-state index in [0.29, 0.717) is 21.8 Å². The Morgan fingerprint density at radius 2 is 1.70 bits per heavy atom. The number of para-hydroxylation sites is 1. The molecule has 3 aromatic carbocycles. The lowest BCUT2D eigenvalue weighted by molar-refractivity contribution is -0.117. The van der Waals surface area contributed by atoms with Gasteiger partial charge in [0.25, 0.3) is 5.56 Å². The van der Waals surface area contributed by atoms with Gasteiger partial charge in [-0.3, -0.25) is 9.59 Å². The Kier molecular flexibility index (Phi) is 5.38. The predicted octanol–water partition coefficient (Wildman–Crippen LogP) is 4.97. The Labute approximate surface area is 178 Å². The number of hydrogen-bond acceptors (Lipinski definition) is 3. The topological polar surface area (TPSA) is 64.0 Å². The molecule has 0 saturated heterocycles. The van der Waals surface area contributed by atoms with Gasteiger partial charge in [-0.15, -0.1) is 0 Å². The third kappa shape index (κ3) is 3.84. The Bertz CT molecular complexity index is 1330. The van der Waals surface area contributed by atoms with Gasteiger partial charge in [-0.05, 0) is 43.7 Å². The highest BCUT2D eigenvalue weighted by atomic mass is 35.5. The Hall–Kier alpha value is -3.44. The van der Waals surface area contributed by atoms with Gasteiger partial charge in [0.1, 0.15) is 6.54 Å². The number of carbonyl (C=O) groups is 1. The van der Waals surface area contributed by atoms with Gasteiger partial charge in [-0.1, -0.05) is 59.6 Å². The van der Waals surface area contributed by atoms with Crippen LogP contribution in [0.5, 0.6) is 0 Å². The summed E-state index contributed by atoms with van der Waals surface area (Å²) in [5.41, 5.74) is 3.93. The summed E-state index contributed by atoms with van der Waals surface area (Å²) < 4.78 is 1.21. The van der Waals surface area contributed by atoms with E-state index in [1.54, 1.807) is 30.3 Å². The standard InChI is InChI=1S/C24H20ClN3O2/c1-15-11-12-16(2)19(13-15)23-17-7-3-4-8-18(17)24(30)28(27-23)14-22(29)26-21-10-6-5-9-20(21)25/h3-13H,14H2,1-2H3,(H,26,29). The van der Waals surface area contributed by atoms with E-state index in [4.69, 9.17) is 11.6 Å². The molecule has 0 unspecified atom stereocenters. The van der Waals surface area contributed by atoms with E-state index in [1.165, 1.54) is 4.68 Å². The van der Waals surface area contributed by atoms with Crippen molar-refractivity contribution in [2.75, 3.05) is 5.32 Å². The molecule has 0 aliphatic carbocycles. The first kappa shape index (κ1) is 19.9. The van der Waals surface area contributed by atoms with E-state index in [1.807, 2.05) is 50.2 Å². The molecule has 5 nitrogen and oxygen atoms in total. The van der Waals surface area contributed by atoms with E-state index in [2.05, 4.69) is 10.4 Å². The van der Waals surface area contributed by atoms with Crippen molar-refractivity contribution in [3.63, 3.8) is 0 Å². The molecule has 0 atom stereocenters. The van der Waals surface area contributed by atoms with Gasteiger partial charge in [0.2, 0.25) is 5.91 Å². The van der Waals surface area contributed by atoms with Gasteiger partial charge in [0.05, 0.1) is 21.8 Å². The Balaban J connectivity index is 1.80. The molecule has 0 saturated carbocycles. The first-order valence-electron chi connectivity index (χ1n) is 9.56. The van der Waals surface area contributed by atoms with Crippen LogP contribution in [0.2, 0.25) is 5.02 Å². The van der Waals surface area contributed by atoms with E-state index in [9.17, 15) is 9.59 Å². The molecule has 1 aromatic heterocycles. The van der Waals surface area contributed by atoms with Gasteiger partial charge in [0.15, 0.2) is 0 Å². The van der Waals surface area contributed by atoms with Gasteiger partial charge < -0.3 is 5.32 Å². The maximum atomic E-state index is 13.0. The number of anilines is 1. The summed E-state index contributed by atoms with van der Waals surface area (Å²) in [6.45, 7) is 3.80. The summed E-state index contributed by atoms with van der Waals surface area (Å²) in [5, 5.41) is 9.05. The number of aromatic nitrogens is 2. The second-order valence-electron chi connectivity index (χ2n) is 7.20. The van der Waals surface area contributed by atoms with E-state index in [-0.39, 0.29) is 18.0 Å². The van der Waals surface area contributed by atoms with Crippen LogP contribution in [0.1, 0.15) is 11.1 Å². The summed E-state index contributed by atoms with van der Waals surface area (Å²) in [7, 11) is 0. The van der Waals surface area contributed by atoms with Crippen LogP contribution in [0.3, 0.4) is 0 Å². The fraction of sp³-hybridized carbons (Fsp3) is 0.125. The van der Waals surface area contributed by atoms with Crippen LogP contribution in [0.4, 0.5) is 5.69 Å². The van der Waals surface area contributed by atoms with Crippen molar-refractivity contribution >= 4 is 34.0 Å². The third-order valence-electron chi connectivity index (χ3n) is 4.96. The molecule has 0 radical (unpaired) electrons. The second-order valence-corrected chi connectivity index (χ2v) is 7.61. The molecule has 6 heteroatoms. The lowest BCUT2D eigenvalue weighted by atomic mass is 9.99. The highest BCUT2D eigenvalue weighted by Gasteiger charge is 2.16. The zero-order valence-electron chi connectivity index (χ0n) is 16.6. The number of amides is 1. The number of benzene rings is 3. The average molecular weight is 418 g/mol. The Morgan fingerprint density at radius 3 is 2.47 bits per heavy atom. The fourth-order valence-electron chi connectivity index (χ4n) is 3.42. The molecule has 1 amide bonds. The van der Waals surface area contributed by atoms with Crippen LogP contribution in [0.25, 0.3) is 22.0 Å². The number of halogens is 1. The number of nitrogens with zero attached hydrogens (tertiary/aromatic N) is 2. The van der Waals surface area contributed by atoms with E-state index < -0.39 is 0 Å². The fourth-order valence-corrected chi connectivity index (χ4v) is 3.60. The van der Waals surface area contributed by atoms with E-state index >= 15 is 0 Å². The van der Waals surface area contributed by atoms with Crippen molar-refractivity contribution in [2.45, 2.75) is 20.4 Å². The molecule has 0 aliphatic rings. The van der Waals surface area contributed by atoms with Crippen molar-refractivity contribution in [2.24, 2.45) is 0 Å². The maximum absolute atomic E-state index is 13.0. The van der Waals surface area contributed by atoms with Gasteiger partial charge in [-0.2, -0.15) is 5.10 Å². The smallest absolute Gasteiger partial charge is 0.275 e. The number of hydrogen-bond donors (Lipinski definition) is 1. The van der Waals surface area contributed by atoms with Crippen LogP contribution in [0, 0.1) is 13.8 Å². The molecule has 0 spiro atoms. The molecule has 30 heavy (non-hydrogen) atoms. The second kappa shape index (κ2) is 8.13. The molecule has 4 rings (SSSR count). The number of carbonyl (C=O) groups excluding carboxylic acids is 1. The summed E-state index contributed by atoms with van der Waals surface area (Å²) in [6.07, 6.45) is 0. The zero-order valence-corrected chi connectivity index (χ0v) is 17.4. The van der Waals surface area contributed by atoms with Crippen molar-refractivity contribution < 1.29 is 4.79 Å². The molecule has 150 valence electrons. The predicted molar refractivity (Wildman–Crippen MR) is 121 cm³/mol. The van der Waals surface area contributed by atoms with Crippen LogP contribution in [-0.4, -0.2) is 15.7 Å². The third-order valence-corrected chi connectivity index (χ3v) is 5.29. The zero-order chi connectivity index (χ0) is 21.3. The number of aryl methyl sites for hydroxylation is 2. The molecule has 0 fully saturated rings.